The summed E-state index contributed by atoms with van der Waals surface area (Å²) in [7, 11) is 0. The molecular formula is C20H19ClN6. The Balaban J connectivity index is 1.86. The van der Waals surface area contributed by atoms with E-state index in [2.05, 4.69) is 27.8 Å². The van der Waals surface area contributed by atoms with Gasteiger partial charge in [-0.1, -0.05) is 11.6 Å². The molecule has 27 heavy (non-hydrogen) atoms. The molecule has 0 aliphatic rings. The van der Waals surface area contributed by atoms with Crippen LogP contribution in [0.2, 0.25) is 5.02 Å². The van der Waals surface area contributed by atoms with Gasteiger partial charge in [-0.2, -0.15) is 5.10 Å². The molecule has 7 heteroatoms. The standard InChI is InChI=1S/C20H19ClN6/c1-3-22-15-8-9-16-17(11-15)23-19(13-4-6-14(21)7-5-13)25-20(16)24-18-10-12(2)26-27-18/h4-11,22H,3H2,1-2H3,(H2,23,24,25,26,27). The van der Waals surface area contributed by atoms with E-state index < -0.39 is 0 Å². The maximum absolute atomic E-state index is 6.02. The number of nitrogens with zero attached hydrogens (tertiary/aromatic N) is 3. The molecule has 4 aromatic rings. The highest BCUT2D eigenvalue weighted by Gasteiger charge is 2.12. The molecule has 0 atom stereocenters. The summed E-state index contributed by atoms with van der Waals surface area (Å²) in [6, 6.07) is 15.5. The van der Waals surface area contributed by atoms with Crippen LogP contribution in [0.4, 0.5) is 17.3 Å². The van der Waals surface area contributed by atoms with Crippen LogP contribution >= 0.6 is 11.6 Å². The molecular weight excluding hydrogens is 360 g/mol. The van der Waals surface area contributed by atoms with Gasteiger partial charge in [-0.05, 0) is 56.3 Å². The van der Waals surface area contributed by atoms with Crippen molar-refractivity contribution in [2.75, 3.05) is 17.2 Å². The number of nitrogens with one attached hydrogen (secondary N) is 3. The lowest BCUT2D eigenvalue weighted by Gasteiger charge is -2.11. The zero-order chi connectivity index (χ0) is 18.8. The first-order chi connectivity index (χ1) is 13.1. The topological polar surface area (TPSA) is 78.5 Å². The van der Waals surface area contributed by atoms with E-state index in [1.54, 1.807) is 0 Å². The van der Waals surface area contributed by atoms with Gasteiger partial charge < -0.3 is 10.6 Å². The predicted octanol–water partition coefficient (Wildman–Crippen LogP) is 5.16. The van der Waals surface area contributed by atoms with E-state index >= 15 is 0 Å². The third kappa shape index (κ3) is 3.71. The average molecular weight is 379 g/mol. The predicted molar refractivity (Wildman–Crippen MR) is 111 cm³/mol. The van der Waals surface area contributed by atoms with Gasteiger partial charge >= 0.3 is 0 Å². The molecule has 3 N–H and O–H groups in total. The normalized spacial score (nSPS) is 10.9. The number of aryl methyl sites for hydroxylation is 1. The van der Waals surface area contributed by atoms with Gasteiger partial charge in [-0.3, -0.25) is 5.10 Å². The van der Waals surface area contributed by atoms with Gasteiger partial charge in [-0.25, -0.2) is 9.97 Å². The van der Waals surface area contributed by atoms with Crippen LogP contribution in [0, 0.1) is 6.92 Å². The Hall–Kier alpha value is -3.12. The SMILES string of the molecule is CCNc1ccc2c(Nc3cc(C)[nH]n3)nc(-c3ccc(Cl)cc3)nc2c1. The van der Waals surface area contributed by atoms with Crippen molar-refractivity contribution < 1.29 is 0 Å². The average Bonchev–Trinajstić information content (AvgIpc) is 3.07. The Morgan fingerprint density at radius 3 is 2.56 bits per heavy atom. The summed E-state index contributed by atoms with van der Waals surface area (Å²) in [4.78, 5) is 9.50. The molecule has 0 fully saturated rings. The van der Waals surface area contributed by atoms with Crippen molar-refractivity contribution in [2.24, 2.45) is 0 Å². The first kappa shape index (κ1) is 17.3. The summed E-state index contributed by atoms with van der Waals surface area (Å²) >= 11 is 6.02. The van der Waals surface area contributed by atoms with Crippen LogP contribution in [0.1, 0.15) is 12.6 Å². The van der Waals surface area contributed by atoms with E-state index in [0.717, 1.165) is 34.4 Å². The van der Waals surface area contributed by atoms with Crippen LogP contribution in [-0.2, 0) is 0 Å². The Morgan fingerprint density at radius 1 is 1.04 bits per heavy atom. The lowest BCUT2D eigenvalue weighted by Crippen LogP contribution is -2.01. The van der Waals surface area contributed by atoms with E-state index in [-0.39, 0.29) is 0 Å². The molecule has 0 spiro atoms. The summed E-state index contributed by atoms with van der Waals surface area (Å²) in [6.45, 7) is 4.87. The van der Waals surface area contributed by atoms with Crippen molar-refractivity contribution in [1.82, 2.24) is 20.2 Å². The van der Waals surface area contributed by atoms with Gasteiger partial charge in [0, 0.05) is 40.0 Å². The smallest absolute Gasteiger partial charge is 0.162 e. The number of rotatable bonds is 5. The molecule has 2 aromatic carbocycles. The van der Waals surface area contributed by atoms with Gasteiger partial charge in [0.05, 0.1) is 5.52 Å². The van der Waals surface area contributed by atoms with Crippen LogP contribution in [0.15, 0.2) is 48.5 Å². The zero-order valence-corrected chi connectivity index (χ0v) is 15.8. The largest absolute Gasteiger partial charge is 0.385 e. The fraction of sp³-hybridized carbons (Fsp3) is 0.150. The van der Waals surface area contributed by atoms with Crippen molar-refractivity contribution >= 4 is 39.8 Å². The monoisotopic (exact) mass is 378 g/mol. The van der Waals surface area contributed by atoms with Gasteiger partial charge in [0.1, 0.15) is 5.82 Å². The number of hydrogen-bond acceptors (Lipinski definition) is 5. The minimum absolute atomic E-state index is 0.627. The van der Waals surface area contributed by atoms with Crippen LogP contribution < -0.4 is 10.6 Å². The van der Waals surface area contributed by atoms with E-state index in [1.807, 2.05) is 55.5 Å². The van der Waals surface area contributed by atoms with Gasteiger partial charge in [-0.15, -0.1) is 0 Å². The molecule has 2 aromatic heterocycles. The van der Waals surface area contributed by atoms with Gasteiger partial charge in [0.15, 0.2) is 11.6 Å². The minimum Gasteiger partial charge on any atom is -0.385 e. The summed E-state index contributed by atoms with van der Waals surface area (Å²) in [5.41, 5.74) is 3.75. The number of halogens is 1. The van der Waals surface area contributed by atoms with E-state index in [9.17, 15) is 0 Å². The van der Waals surface area contributed by atoms with Crippen LogP contribution in [0.5, 0.6) is 0 Å². The summed E-state index contributed by atoms with van der Waals surface area (Å²) in [5.74, 6) is 2.05. The number of aromatic amines is 1. The summed E-state index contributed by atoms with van der Waals surface area (Å²) < 4.78 is 0. The maximum Gasteiger partial charge on any atom is 0.162 e. The lowest BCUT2D eigenvalue weighted by atomic mass is 10.1. The van der Waals surface area contributed by atoms with Crippen molar-refractivity contribution in [1.29, 1.82) is 0 Å². The summed E-state index contributed by atoms with van der Waals surface area (Å²) in [6.07, 6.45) is 0. The molecule has 0 aliphatic heterocycles. The molecule has 6 nitrogen and oxygen atoms in total. The number of hydrogen-bond donors (Lipinski definition) is 3. The zero-order valence-electron chi connectivity index (χ0n) is 15.0. The second kappa shape index (κ2) is 7.25. The molecule has 4 rings (SSSR count). The molecule has 136 valence electrons. The Bertz CT molecular complexity index is 1090. The van der Waals surface area contributed by atoms with Crippen LogP contribution in [0.25, 0.3) is 22.3 Å². The van der Waals surface area contributed by atoms with Crippen molar-refractivity contribution in [2.45, 2.75) is 13.8 Å². The Labute approximate surface area is 162 Å². The second-order valence-corrected chi connectivity index (χ2v) is 6.66. The molecule has 0 saturated heterocycles. The summed E-state index contributed by atoms with van der Waals surface area (Å²) in [5, 5.41) is 15.4. The lowest BCUT2D eigenvalue weighted by molar-refractivity contribution is 1.05. The van der Waals surface area contributed by atoms with Gasteiger partial charge in [0.2, 0.25) is 0 Å². The minimum atomic E-state index is 0.627. The van der Waals surface area contributed by atoms with Crippen LogP contribution in [-0.4, -0.2) is 26.7 Å². The van der Waals surface area contributed by atoms with Crippen molar-refractivity contribution in [3.63, 3.8) is 0 Å². The molecule has 2 heterocycles. The highest BCUT2D eigenvalue weighted by atomic mass is 35.5. The Morgan fingerprint density at radius 2 is 1.85 bits per heavy atom. The number of benzene rings is 2. The van der Waals surface area contributed by atoms with E-state index in [1.165, 1.54) is 0 Å². The molecule has 0 saturated carbocycles. The number of aromatic nitrogens is 4. The molecule has 0 radical (unpaired) electrons. The van der Waals surface area contributed by atoms with Crippen molar-refractivity contribution in [3.05, 3.63) is 59.2 Å². The first-order valence-electron chi connectivity index (χ1n) is 8.73. The highest BCUT2D eigenvalue weighted by molar-refractivity contribution is 6.30. The second-order valence-electron chi connectivity index (χ2n) is 6.23. The first-order valence-corrected chi connectivity index (χ1v) is 9.11. The third-order valence-corrected chi connectivity index (χ3v) is 4.38. The number of fused-ring (bicyclic) bond motifs is 1. The van der Waals surface area contributed by atoms with E-state index in [4.69, 9.17) is 21.6 Å². The van der Waals surface area contributed by atoms with Crippen LogP contribution in [0.3, 0.4) is 0 Å². The molecule has 0 aliphatic carbocycles. The number of anilines is 3. The number of H-pyrrole nitrogens is 1. The molecule has 0 bridgehead atoms. The molecule has 0 unspecified atom stereocenters. The highest BCUT2D eigenvalue weighted by Crippen LogP contribution is 2.29. The Kier molecular flexibility index (Phi) is 4.64. The van der Waals surface area contributed by atoms with Gasteiger partial charge in [0.25, 0.3) is 0 Å². The maximum atomic E-state index is 6.02. The van der Waals surface area contributed by atoms with Crippen molar-refractivity contribution in [3.8, 4) is 11.4 Å². The fourth-order valence-corrected chi connectivity index (χ4v) is 3.00. The third-order valence-electron chi connectivity index (χ3n) is 4.13. The fourth-order valence-electron chi connectivity index (χ4n) is 2.87. The molecule has 0 amide bonds. The van der Waals surface area contributed by atoms with E-state index in [0.29, 0.717) is 22.5 Å². The quantitative estimate of drug-likeness (QED) is 0.447.